The highest BCUT2D eigenvalue weighted by Crippen LogP contribution is 2.41. The molecule has 0 atom stereocenters. The predicted octanol–water partition coefficient (Wildman–Crippen LogP) is 4.63. The molecule has 1 aromatic carbocycles. The fraction of sp³-hybridized carbons (Fsp3) is 0.630. The second kappa shape index (κ2) is 9.69. The van der Waals surface area contributed by atoms with Crippen LogP contribution in [-0.4, -0.2) is 70.4 Å². The largest absolute Gasteiger partial charge is 0.493 e. The summed E-state index contributed by atoms with van der Waals surface area (Å²) in [5.74, 6) is 5.13. The molecule has 1 amide bonds. The maximum Gasteiger partial charge on any atom is 0.274 e. The van der Waals surface area contributed by atoms with Crippen molar-refractivity contribution in [3.05, 3.63) is 34.9 Å². The number of morpholine rings is 1. The molecule has 2 fully saturated rings. The lowest BCUT2D eigenvalue weighted by Crippen LogP contribution is -2.55. The van der Waals surface area contributed by atoms with Crippen LogP contribution in [0, 0.1) is 0 Å². The van der Waals surface area contributed by atoms with Gasteiger partial charge in [0.25, 0.3) is 5.91 Å². The normalized spacial score (nSPS) is 19.9. The SMILES string of the molecule is COc1cc2c(cc1OC(C)C)-n1c(C3CCSCC3)nc(C(=O)N3CCOCC3(C)C)c1CC2. The molecule has 1 aromatic heterocycles. The molecule has 8 heteroatoms. The monoisotopic (exact) mass is 499 g/mol. The number of hydrogen-bond acceptors (Lipinski definition) is 6. The average molecular weight is 500 g/mol. The van der Waals surface area contributed by atoms with Gasteiger partial charge in [0.1, 0.15) is 11.5 Å². The van der Waals surface area contributed by atoms with Gasteiger partial charge in [-0.2, -0.15) is 11.8 Å². The third-order valence-corrected chi connectivity index (χ3v) is 8.33. The summed E-state index contributed by atoms with van der Waals surface area (Å²) in [4.78, 5) is 21.0. The summed E-state index contributed by atoms with van der Waals surface area (Å²) in [6.07, 6.45) is 3.81. The van der Waals surface area contributed by atoms with Crippen LogP contribution in [0.3, 0.4) is 0 Å². The van der Waals surface area contributed by atoms with Crippen molar-refractivity contribution in [3.8, 4) is 17.2 Å². The number of aryl methyl sites for hydroxylation is 1. The van der Waals surface area contributed by atoms with Gasteiger partial charge < -0.3 is 19.1 Å². The van der Waals surface area contributed by atoms with E-state index in [9.17, 15) is 4.79 Å². The molecule has 190 valence electrons. The number of rotatable bonds is 5. The number of amides is 1. The van der Waals surface area contributed by atoms with Crippen LogP contribution in [0.15, 0.2) is 12.1 Å². The summed E-state index contributed by atoms with van der Waals surface area (Å²) in [7, 11) is 1.69. The number of fused-ring (bicyclic) bond motifs is 3. The Kier molecular flexibility index (Phi) is 6.79. The summed E-state index contributed by atoms with van der Waals surface area (Å²) in [6, 6.07) is 4.19. The Morgan fingerprint density at radius 1 is 1.20 bits per heavy atom. The Morgan fingerprint density at radius 3 is 2.66 bits per heavy atom. The van der Waals surface area contributed by atoms with Crippen LogP contribution < -0.4 is 9.47 Å². The van der Waals surface area contributed by atoms with E-state index in [4.69, 9.17) is 19.2 Å². The molecule has 2 aromatic rings. The molecule has 0 saturated carbocycles. The Hall–Kier alpha value is -2.19. The minimum Gasteiger partial charge on any atom is -0.493 e. The highest BCUT2D eigenvalue weighted by Gasteiger charge is 2.39. The van der Waals surface area contributed by atoms with Gasteiger partial charge in [-0.1, -0.05) is 0 Å². The fourth-order valence-corrected chi connectivity index (χ4v) is 6.60. The molecule has 5 rings (SSSR count). The Labute approximate surface area is 212 Å². The zero-order chi connectivity index (χ0) is 24.7. The molecule has 0 N–H and O–H groups in total. The first-order chi connectivity index (χ1) is 16.8. The summed E-state index contributed by atoms with van der Waals surface area (Å²) >= 11 is 2.00. The molecule has 0 radical (unpaired) electrons. The third kappa shape index (κ3) is 4.55. The van der Waals surface area contributed by atoms with Crippen molar-refractivity contribution in [2.24, 2.45) is 0 Å². The second-order valence-electron chi connectivity index (χ2n) is 10.6. The summed E-state index contributed by atoms with van der Waals surface area (Å²) in [6.45, 7) is 9.89. The van der Waals surface area contributed by atoms with E-state index in [0.29, 0.717) is 31.4 Å². The van der Waals surface area contributed by atoms with Gasteiger partial charge in [-0.15, -0.1) is 0 Å². The number of benzene rings is 1. The van der Waals surface area contributed by atoms with E-state index in [1.54, 1.807) is 7.11 Å². The number of imidazole rings is 1. The van der Waals surface area contributed by atoms with E-state index in [1.807, 2.05) is 30.5 Å². The Morgan fingerprint density at radius 2 is 1.97 bits per heavy atom. The van der Waals surface area contributed by atoms with Crippen LogP contribution in [0.5, 0.6) is 11.5 Å². The van der Waals surface area contributed by atoms with Crippen molar-refractivity contribution in [3.63, 3.8) is 0 Å². The molecule has 7 nitrogen and oxygen atoms in total. The minimum atomic E-state index is -0.355. The van der Waals surface area contributed by atoms with Gasteiger partial charge in [0.05, 0.1) is 43.3 Å². The topological polar surface area (TPSA) is 65.8 Å². The van der Waals surface area contributed by atoms with E-state index in [0.717, 1.165) is 65.9 Å². The van der Waals surface area contributed by atoms with E-state index in [2.05, 4.69) is 30.5 Å². The summed E-state index contributed by atoms with van der Waals surface area (Å²) in [5, 5.41) is 0. The lowest BCUT2D eigenvalue weighted by Gasteiger charge is -2.41. The lowest BCUT2D eigenvalue weighted by atomic mass is 9.97. The smallest absolute Gasteiger partial charge is 0.274 e. The van der Waals surface area contributed by atoms with E-state index < -0.39 is 0 Å². The number of hydrogen-bond donors (Lipinski definition) is 0. The van der Waals surface area contributed by atoms with E-state index >= 15 is 0 Å². The number of thioether (sulfide) groups is 1. The van der Waals surface area contributed by atoms with Crippen molar-refractivity contribution in [2.45, 2.75) is 70.9 Å². The van der Waals surface area contributed by atoms with Gasteiger partial charge in [-0.3, -0.25) is 9.36 Å². The number of aromatic nitrogens is 2. The van der Waals surface area contributed by atoms with Gasteiger partial charge in [0.2, 0.25) is 0 Å². The maximum absolute atomic E-state index is 14.0. The zero-order valence-electron chi connectivity index (χ0n) is 21.6. The molecule has 0 spiro atoms. The van der Waals surface area contributed by atoms with Crippen LogP contribution in [0.2, 0.25) is 0 Å². The van der Waals surface area contributed by atoms with Gasteiger partial charge in [0.15, 0.2) is 11.5 Å². The van der Waals surface area contributed by atoms with Crippen molar-refractivity contribution in [1.29, 1.82) is 0 Å². The molecule has 2 saturated heterocycles. The predicted molar refractivity (Wildman–Crippen MR) is 139 cm³/mol. The summed E-state index contributed by atoms with van der Waals surface area (Å²) < 4.78 is 19.8. The van der Waals surface area contributed by atoms with Crippen molar-refractivity contribution in [2.75, 3.05) is 38.4 Å². The van der Waals surface area contributed by atoms with Crippen LogP contribution in [-0.2, 0) is 17.6 Å². The van der Waals surface area contributed by atoms with Gasteiger partial charge >= 0.3 is 0 Å². The van der Waals surface area contributed by atoms with Crippen LogP contribution in [0.25, 0.3) is 5.69 Å². The number of carbonyl (C=O) groups is 1. The van der Waals surface area contributed by atoms with E-state index in [1.165, 1.54) is 5.56 Å². The molecule has 0 unspecified atom stereocenters. The maximum atomic E-state index is 14.0. The number of methoxy groups -OCH3 is 1. The first kappa shape index (κ1) is 24.5. The molecule has 3 aliphatic heterocycles. The van der Waals surface area contributed by atoms with E-state index in [-0.39, 0.29) is 17.6 Å². The molecular weight excluding hydrogens is 462 g/mol. The van der Waals surface area contributed by atoms with Crippen molar-refractivity contribution >= 4 is 17.7 Å². The summed E-state index contributed by atoms with van der Waals surface area (Å²) in [5.41, 5.74) is 3.56. The first-order valence-corrected chi connectivity index (χ1v) is 13.9. The molecule has 0 bridgehead atoms. The minimum absolute atomic E-state index is 0.0223. The third-order valence-electron chi connectivity index (χ3n) is 7.28. The molecule has 4 heterocycles. The average Bonchev–Trinajstić information content (AvgIpc) is 3.23. The van der Waals surface area contributed by atoms with Gasteiger partial charge in [-0.25, -0.2) is 4.98 Å². The molecule has 3 aliphatic rings. The lowest BCUT2D eigenvalue weighted by molar-refractivity contribution is -0.0373. The molecule has 0 aliphatic carbocycles. The standard InChI is InChI=1S/C27H37N3O4S/c1-17(2)34-23-15-21-19(14-22(23)32-5)6-7-20-24(26(31)29-10-11-33-16-27(29,3)4)28-25(30(20)21)18-8-12-35-13-9-18/h14-15,17-18H,6-13,16H2,1-5H3. The van der Waals surface area contributed by atoms with Gasteiger partial charge in [-0.05, 0) is 76.5 Å². The number of ether oxygens (including phenoxy) is 3. The second-order valence-corrected chi connectivity index (χ2v) is 11.8. The zero-order valence-corrected chi connectivity index (χ0v) is 22.4. The fourth-order valence-electron chi connectivity index (χ4n) is 5.49. The molecule has 35 heavy (non-hydrogen) atoms. The van der Waals surface area contributed by atoms with Crippen molar-refractivity contribution in [1.82, 2.24) is 14.5 Å². The first-order valence-electron chi connectivity index (χ1n) is 12.8. The van der Waals surface area contributed by atoms with Crippen molar-refractivity contribution < 1.29 is 19.0 Å². The van der Waals surface area contributed by atoms with Gasteiger partial charge in [0, 0.05) is 18.5 Å². The Balaban J connectivity index is 1.65. The number of nitrogens with zero attached hydrogens (tertiary/aromatic N) is 3. The quantitative estimate of drug-likeness (QED) is 0.598. The highest BCUT2D eigenvalue weighted by molar-refractivity contribution is 7.99. The highest BCUT2D eigenvalue weighted by atomic mass is 32.2. The van der Waals surface area contributed by atoms with Crippen LogP contribution in [0.4, 0.5) is 0 Å². The van der Waals surface area contributed by atoms with Crippen LogP contribution >= 0.6 is 11.8 Å². The van der Waals surface area contributed by atoms with Crippen LogP contribution in [0.1, 0.15) is 74.0 Å². The Bertz CT molecular complexity index is 1100. The molecular formula is C27H37N3O4S. The number of carbonyl (C=O) groups excluding carboxylic acids is 1.